The van der Waals surface area contributed by atoms with E-state index >= 15 is 0 Å². The van der Waals surface area contributed by atoms with Crippen molar-refractivity contribution >= 4 is 14.2 Å². The molecule has 0 spiro atoms. The summed E-state index contributed by atoms with van der Waals surface area (Å²) < 4.78 is 245. The molecule has 0 fully saturated rings. The van der Waals surface area contributed by atoms with Crippen LogP contribution in [0.3, 0.4) is 0 Å². The third-order valence-electron chi connectivity index (χ3n) is 8.52. The molecule has 0 unspecified atom stereocenters. The van der Waals surface area contributed by atoms with Crippen molar-refractivity contribution in [3.05, 3.63) is 54.1 Å². The minimum Gasteiger partial charge on any atom is -0.491 e. The van der Waals surface area contributed by atoms with Crippen LogP contribution in [0.15, 0.2) is 48.6 Å². The Hall–Kier alpha value is -3.12. The van der Waals surface area contributed by atoms with Crippen LogP contribution in [0, 0.1) is 0 Å². The molecule has 0 aliphatic heterocycles. The number of amides is 1. The number of ether oxygens (including phenoxy) is 1. The van der Waals surface area contributed by atoms with E-state index < -0.39 is 98.1 Å². The normalized spacial score (nSPS) is 15.4. The summed E-state index contributed by atoms with van der Waals surface area (Å²) >= 11 is 0. The van der Waals surface area contributed by atoms with E-state index in [1.54, 1.807) is 0 Å². The molecule has 24 heteroatoms. The highest BCUT2D eigenvalue weighted by Crippen LogP contribution is 2.64. The van der Waals surface area contributed by atoms with Crippen molar-refractivity contribution in [1.82, 2.24) is 5.48 Å². The highest BCUT2D eigenvalue weighted by atomic mass is 28.4. The number of alkyl halides is 17. The third-order valence-corrected chi connectivity index (χ3v) is 14.2. The predicted molar refractivity (Wildman–Crippen MR) is 162 cm³/mol. The number of allylic oxidation sites excluding steroid dienone is 2. The van der Waals surface area contributed by atoms with Gasteiger partial charge in [0.2, 0.25) is 0 Å². The lowest BCUT2D eigenvalue weighted by molar-refractivity contribution is -0.461. The Morgan fingerprint density at radius 3 is 1.60 bits per heavy atom. The number of hydroxylamine groups is 1. The lowest BCUT2D eigenvalue weighted by Gasteiger charge is -2.44. The number of carbonyl (C=O) groups is 1. The summed E-state index contributed by atoms with van der Waals surface area (Å²) in [5.74, 6) is -57.3. The highest BCUT2D eigenvalue weighted by Gasteiger charge is 2.95. The van der Waals surface area contributed by atoms with Gasteiger partial charge in [0.15, 0.2) is 8.32 Å². The van der Waals surface area contributed by atoms with E-state index in [9.17, 15) is 84.5 Å². The summed E-state index contributed by atoms with van der Waals surface area (Å²) in [6.07, 6.45) is -6.11. The van der Waals surface area contributed by atoms with Gasteiger partial charge in [0, 0.05) is 12.5 Å². The summed E-state index contributed by atoms with van der Waals surface area (Å²) in [6.45, 7) is 4.39. The molecule has 1 amide bonds. The molecule has 0 heterocycles. The van der Waals surface area contributed by atoms with E-state index in [-0.39, 0.29) is 18.8 Å². The molecule has 0 aromatic heterocycles. The molecule has 6 nitrogen and oxygen atoms in total. The molecule has 1 atom stereocenters. The van der Waals surface area contributed by atoms with Crippen LogP contribution in [0.4, 0.5) is 74.6 Å². The first kappa shape index (κ1) is 49.9. The van der Waals surface area contributed by atoms with Crippen molar-refractivity contribution in [2.75, 3.05) is 13.2 Å². The number of nitrogens with one attached hydrogen (secondary N) is 1. The number of hydrogen-bond donors (Lipinski definition) is 3. The van der Waals surface area contributed by atoms with Crippen LogP contribution in [0.1, 0.15) is 52.2 Å². The number of halogens is 17. The quantitative estimate of drug-likeness (QED) is 0.0218. The average Bonchev–Trinajstić information content (AvgIpc) is 3.06. The molecule has 55 heavy (non-hydrogen) atoms. The zero-order valence-corrected chi connectivity index (χ0v) is 29.9. The molecular weight excluding hydrogens is 817 g/mol. The van der Waals surface area contributed by atoms with Gasteiger partial charge in [-0.05, 0) is 41.2 Å². The molecule has 0 aliphatic rings. The summed E-state index contributed by atoms with van der Waals surface area (Å²) in [5.41, 5.74) is 0.0513. The first-order valence-electron chi connectivity index (χ1n) is 15.7. The lowest BCUT2D eigenvalue weighted by atomic mass is 9.88. The highest BCUT2D eigenvalue weighted by molar-refractivity contribution is 6.76. The maximum absolute atomic E-state index is 14.8. The van der Waals surface area contributed by atoms with E-state index in [0.29, 0.717) is 5.56 Å². The minimum atomic E-state index is -8.68. The molecule has 1 aromatic rings. The van der Waals surface area contributed by atoms with Gasteiger partial charge in [-0.3, -0.25) is 10.0 Å². The monoisotopic (exact) mass is 853 g/mol. The Bertz CT molecular complexity index is 1460. The third kappa shape index (κ3) is 9.89. The lowest BCUT2D eigenvalue weighted by Crippen LogP contribution is -2.74. The fourth-order valence-electron chi connectivity index (χ4n) is 5.13. The Balaban J connectivity index is 3.17. The molecule has 0 saturated carbocycles. The van der Waals surface area contributed by atoms with E-state index in [4.69, 9.17) is 14.4 Å². The van der Waals surface area contributed by atoms with Crippen LogP contribution < -0.4 is 10.2 Å². The topological polar surface area (TPSA) is 88.0 Å². The van der Waals surface area contributed by atoms with Gasteiger partial charge in [0.25, 0.3) is 5.91 Å². The molecule has 0 saturated heterocycles. The van der Waals surface area contributed by atoms with Crippen LogP contribution in [0.2, 0.25) is 17.1 Å². The van der Waals surface area contributed by atoms with Gasteiger partial charge in [-0.15, -0.1) is 0 Å². The van der Waals surface area contributed by atoms with Crippen molar-refractivity contribution < 1.29 is 98.9 Å². The number of benzene rings is 1. The second-order valence-corrected chi connectivity index (χ2v) is 17.7. The van der Waals surface area contributed by atoms with Crippen LogP contribution in [-0.2, 0) is 9.22 Å². The zero-order valence-electron chi connectivity index (χ0n) is 28.9. The Morgan fingerprint density at radius 1 is 0.709 bits per heavy atom. The summed E-state index contributed by atoms with van der Waals surface area (Å²) in [6, 6.07) is 4.32. The first-order valence-corrected chi connectivity index (χ1v) is 18.0. The van der Waals surface area contributed by atoms with Gasteiger partial charge in [0.1, 0.15) is 12.4 Å². The summed E-state index contributed by atoms with van der Waals surface area (Å²) in [7, 11) is -3.94. The van der Waals surface area contributed by atoms with Crippen LogP contribution in [0.5, 0.6) is 5.75 Å². The van der Waals surface area contributed by atoms with Crippen molar-refractivity contribution in [2.45, 2.75) is 111 Å². The van der Waals surface area contributed by atoms with E-state index in [1.165, 1.54) is 75.7 Å². The van der Waals surface area contributed by atoms with Crippen molar-refractivity contribution in [2.24, 2.45) is 0 Å². The predicted octanol–water partition coefficient (Wildman–Crippen LogP) is 10.3. The fourth-order valence-corrected chi connectivity index (χ4v) is 9.60. The van der Waals surface area contributed by atoms with E-state index in [1.807, 2.05) is 0 Å². The molecule has 1 rings (SSSR count). The largest absolute Gasteiger partial charge is 0.491 e. The Kier molecular flexibility index (Phi) is 15.9. The number of aliphatic hydroxyl groups is 1. The molecule has 0 bridgehead atoms. The van der Waals surface area contributed by atoms with Gasteiger partial charge in [-0.2, -0.15) is 74.6 Å². The maximum atomic E-state index is 14.8. The van der Waals surface area contributed by atoms with E-state index in [2.05, 4.69) is 0 Å². The Morgan fingerprint density at radius 2 is 1.16 bits per heavy atom. The van der Waals surface area contributed by atoms with Gasteiger partial charge >= 0.3 is 47.6 Å². The maximum Gasteiger partial charge on any atom is 0.460 e. The summed E-state index contributed by atoms with van der Waals surface area (Å²) in [4.78, 5) is 10.9. The molecule has 3 N–H and O–H groups in total. The van der Waals surface area contributed by atoms with Crippen LogP contribution in [-0.4, -0.2) is 85.4 Å². The fraction of sp³-hybridized carbons (Fsp3) is 0.645. The molecular formula is C31H36F17NO5Si. The first-order chi connectivity index (χ1) is 24.7. The van der Waals surface area contributed by atoms with Crippen LogP contribution in [0.25, 0.3) is 0 Å². The van der Waals surface area contributed by atoms with Gasteiger partial charge in [0.05, 0.1) is 12.7 Å². The number of aliphatic hydroxyl groups excluding tert-OH is 1. The summed E-state index contributed by atoms with van der Waals surface area (Å²) in [5, 5.41) is 18.7. The number of rotatable bonds is 21. The smallest absolute Gasteiger partial charge is 0.460 e. The van der Waals surface area contributed by atoms with Crippen molar-refractivity contribution in [1.29, 1.82) is 0 Å². The molecule has 318 valence electrons. The molecule has 0 aliphatic carbocycles. The van der Waals surface area contributed by atoms with Crippen molar-refractivity contribution in [3.8, 4) is 5.75 Å². The molecule has 1 aromatic carbocycles. The zero-order chi connectivity index (χ0) is 43.3. The van der Waals surface area contributed by atoms with Crippen molar-refractivity contribution in [3.63, 3.8) is 0 Å². The molecule has 0 radical (unpaired) electrons. The van der Waals surface area contributed by atoms with E-state index in [0.717, 1.165) is 6.08 Å². The number of hydrogen-bond acceptors (Lipinski definition) is 5. The number of carbonyl (C=O) groups excluding carboxylic acids is 1. The standard InChI is InChI=1S/C31H36F17NO5Si/c1-18(2)55(19(3)4,54-16-15-53-21-12-10-20(11-13-21)22(50)8-6-5-7-9-23(51)49-52)17-14-24(32,33)25(34,35)26(36,37)27(38,39)28(40,41)29(42,43)30(44,45)31(46,47)48/h5-7,9-13,18-19,22,50,52H,8,14-17H2,1-4H3,(H,49,51)/b6-5+,9-7+/t22-/m1/s1. The minimum absolute atomic E-state index is 0.0879. The second kappa shape index (κ2) is 17.6. The Labute approximate surface area is 303 Å². The second-order valence-electron chi connectivity index (χ2n) is 12.7. The van der Waals surface area contributed by atoms with Gasteiger partial charge in [-0.1, -0.05) is 58.1 Å². The van der Waals surface area contributed by atoms with Gasteiger partial charge < -0.3 is 14.3 Å². The van der Waals surface area contributed by atoms with Crippen LogP contribution >= 0.6 is 0 Å². The van der Waals surface area contributed by atoms with Gasteiger partial charge in [-0.25, -0.2) is 5.48 Å². The SMILES string of the molecule is CC(C)[Si](CCC(F)(F)C(F)(F)C(F)(F)C(F)(F)C(F)(F)C(F)(F)C(F)(F)C(F)(F)F)(OCCOc1ccc([C@H](O)C/C=C/C=C/C(=O)NO)cc1)C(C)C. The average molecular weight is 854 g/mol.